The molecule has 1 fully saturated rings. The molecule has 0 bridgehead atoms. The van der Waals surface area contributed by atoms with Gasteiger partial charge in [0.25, 0.3) is 0 Å². The minimum Gasteiger partial charge on any atom is -0.361 e. The van der Waals surface area contributed by atoms with Gasteiger partial charge in [-0.2, -0.15) is 0 Å². The highest BCUT2D eigenvalue weighted by Crippen LogP contribution is 2.35. The molecule has 0 spiro atoms. The van der Waals surface area contributed by atoms with E-state index in [4.69, 9.17) is 4.52 Å². The Labute approximate surface area is 124 Å². The normalized spacial score (nSPS) is 18.2. The van der Waals surface area contributed by atoms with Crippen LogP contribution in [0.1, 0.15) is 41.5 Å². The number of hydrogen-bond donors (Lipinski definition) is 0. The van der Waals surface area contributed by atoms with Crippen molar-refractivity contribution in [2.45, 2.75) is 39.2 Å². The third-order valence-corrected chi connectivity index (χ3v) is 4.07. The van der Waals surface area contributed by atoms with E-state index in [9.17, 15) is 4.79 Å². The van der Waals surface area contributed by atoms with Crippen molar-refractivity contribution in [1.82, 2.24) is 15.0 Å². The maximum absolute atomic E-state index is 12.6. The van der Waals surface area contributed by atoms with Crippen molar-refractivity contribution < 1.29 is 9.32 Å². The van der Waals surface area contributed by atoms with Gasteiger partial charge in [-0.1, -0.05) is 11.2 Å². The number of carbonyl (C=O) groups excluding carboxylic acids is 1. The topological polar surface area (TPSA) is 59.2 Å². The second-order valence-corrected chi connectivity index (χ2v) is 5.52. The summed E-state index contributed by atoms with van der Waals surface area (Å²) in [5, 5.41) is 4.02. The molecular weight excluding hydrogens is 266 g/mol. The van der Waals surface area contributed by atoms with E-state index in [1.54, 1.807) is 12.4 Å². The van der Waals surface area contributed by atoms with Crippen molar-refractivity contribution >= 4 is 5.91 Å². The van der Waals surface area contributed by atoms with Crippen molar-refractivity contribution in [3.05, 3.63) is 47.1 Å². The van der Waals surface area contributed by atoms with Crippen LogP contribution in [0.15, 0.2) is 29.0 Å². The Balaban J connectivity index is 1.80. The van der Waals surface area contributed by atoms with Crippen LogP contribution in [0, 0.1) is 13.8 Å². The molecule has 5 heteroatoms. The van der Waals surface area contributed by atoms with E-state index < -0.39 is 0 Å². The molecule has 0 saturated carbocycles. The molecule has 1 aliphatic heterocycles. The van der Waals surface area contributed by atoms with Gasteiger partial charge in [0.15, 0.2) is 0 Å². The Kier molecular flexibility index (Phi) is 3.73. The highest BCUT2D eigenvalue weighted by Gasteiger charge is 2.33. The smallest absolute Gasteiger partial charge is 0.227 e. The summed E-state index contributed by atoms with van der Waals surface area (Å²) in [6.07, 6.45) is 5.86. The molecule has 1 aliphatic rings. The Morgan fingerprint density at radius 3 is 3.00 bits per heavy atom. The molecule has 5 nitrogen and oxygen atoms in total. The average molecular weight is 285 g/mol. The minimum atomic E-state index is 0.0976. The number of hydrogen-bond acceptors (Lipinski definition) is 4. The quantitative estimate of drug-likeness (QED) is 0.869. The summed E-state index contributed by atoms with van der Waals surface area (Å²) in [5.74, 6) is 0.962. The van der Waals surface area contributed by atoms with Gasteiger partial charge in [-0.05, 0) is 38.3 Å². The monoisotopic (exact) mass is 285 g/mol. The van der Waals surface area contributed by atoms with Crippen LogP contribution in [-0.2, 0) is 11.2 Å². The zero-order chi connectivity index (χ0) is 14.8. The highest BCUT2D eigenvalue weighted by atomic mass is 16.5. The Morgan fingerprint density at radius 2 is 2.33 bits per heavy atom. The van der Waals surface area contributed by atoms with Crippen molar-refractivity contribution in [2.24, 2.45) is 0 Å². The first-order valence-electron chi connectivity index (χ1n) is 7.28. The van der Waals surface area contributed by atoms with E-state index in [0.717, 1.165) is 42.0 Å². The molecule has 110 valence electrons. The van der Waals surface area contributed by atoms with Crippen molar-refractivity contribution in [2.75, 3.05) is 6.54 Å². The summed E-state index contributed by atoms with van der Waals surface area (Å²) in [7, 11) is 0. The minimum absolute atomic E-state index is 0.0976. The molecule has 3 heterocycles. The van der Waals surface area contributed by atoms with E-state index in [1.165, 1.54) is 0 Å². The fraction of sp³-hybridized carbons (Fsp3) is 0.438. The Bertz CT molecular complexity index is 617. The number of carbonyl (C=O) groups is 1. The first-order chi connectivity index (χ1) is 10.2. The number of pyridine rings is 1. The molecule has 0 radical (unpaired) electrons. The summed E-state index contributed by atoms with van der Waals surface area (Å²) in [5.41, 5.74) is 2.91. The van der Waals surface area contributed by atoms with Crippen LogP contribution < -0.4 is 0 Å². The number of aryl methyl sites for hydroxylation is 2. The molecule has 21 heavy (non-hydrogen) atoms. The first-order valence-corrected chi connectivity index (χ1v) is 7.28. The van der Waals surface area contributed by atoms with Crippen LogP contribution in [0.25, 0.3) is 0 Å². The van der Waals surface area contributed by atoms with E-state index in [2.05, 4.69) is 10.1 Å². The van der Waals surface area contributed by atoms with Gasteiger partial charge in [0.1, 0.15) is 5.76 Å². The molecule has 0 aliphatic carbocycles. The van der Waals surface area contributed by atoms with Gasteiger partial charge < -0.3 is 9.42 Å². The van der Waals surface area contributed by atoms with Crippen LogP contribution in [0.5, 0.6) is 0 Å². The van der Waals surface area contributed by atoms with E-state index >= 15 is 0 Å². The summed E-state index contributed by atoms with van der Waals surface area (Å²) in [6, 6.07) is 3.89. The highest BCUT2D eigenvalue weighted by molar-refractivity contribution is 5.79. The molecule has 1 saturated heterocycles. The summed E-state index contributed by atoms with van der Waals surface area (Å²) < 4.78 is 5.26. The van der Waals surface area contributed by atoms with E-state index in [-0.39, 0.29) is 11.9 Å². The lowest BCUT2D eigenvalue weighted by Crippen LogP contribution is -2.32. The molecule has 1 atom stereocenters. The fourth-order valence-corrected chi connectivity index (χ4v) is 3.11. The number of amides is 1. The second-order valence-electron chi connectivity index (χ2n) is 5.52. The number of nitrogens with zero attached hydrogens (tertiary/aromatic N) is 3. The van der Waals surface area contributed by atoms with Crippen molar-refractivity contribution in [3.8, 4) is 0 Å². The van der Waals surface area contributed by atoms with Crippen LogP contribution in [0.4, 0.5) is 0 Å². The maximum atomic E-state index is 12.6. The standard InChI is InChI=1S/C16H19N3O2/c1-11-16(12(2)21-18-11)14-6-4-8-19(14)15(20)9-13-5-3-7-17-10-13/h3,5,7,10,14H,4,6,8-9H2,1-2H3/t14-/m1/s1. The second kappa shape index (κ2) is 5.68. The lowest BCUT2D eigenvalue weighted by Gasteiger charge is -2.24. The largest absolute Gasteiger partial charge is 0.361 e. The number of rotatable bonds is 3. The predicted octanol–water partition coefficient (Wildman–Crippen LogP) is 2.59. The van der Waals surface area contributed by atoms with E-state index in [0.29, 0.717) is 6.42 Å². The van der Waals surface area contributed by atoms with E-state index in [1.807, 2.05) is 30.9 Å². The van der Waals surface area contributed by atoms with Crippen LogP contribution in [0.3, 0.4) is 0 Å². The predicted molar refractivity (Wildman–Crippen MR) is 77.6 cm³/mol. The fourth-order valence-electron chi connectivity index (χ4n) is 3.11. The molecule has 0 aromatic carbocycles. The molecule has 2 aromatic rings. The Hall–Kier alpha value is -2.17. The molecule has 2 aromatic heterocycles. The number of likely N-dealkylation sites (tertiary alicyclic amines) is 1. The van der Waals surface area contributed by atoms with Crippen LogP contribution in [-0.4, -0.2) is 27.5 Å². The summed E-state index contributed by atoms with van der Waals surface area (Å²) in [4.78, 5) is 18.6. The molecular formula is C16H19N3O2. The zero-order valence-electron chi connectivity index (χ0n) is 12.4. The van der Waals surface area contributed by atoms with Crippen LogP contribution in [0.2, 0.25) is 0 Å². The Morgan fingerprint density at radius 1 is 1.48 bits per heavy atom. The third-order valence-electron chi connectivity index (χ3n) is 4.07. The van der Waals surface area contributed by atoms with Gasteiger partial charge in [0, 0.05) is 24.5 Å². The lowest BCUT2D eigenvalue weighted by atomic mass is 10.0. The summed E-state index contributed by atoms with van der Waals surface area (Å²) in [6.45, 7) is 4.65. The van der Waals surface area contributed by atoms with Crippen molar-refractivity contribution in [3.63, 3.8) is 0 Å². The average Bonchev–Trinajstić information content (AvgIpc) is 3.07. The zero-order valence-corrected chi connectivity index (χ0v) is 12.4. The van der Waals surface area contributed by atoms with Gasteiger partial charge in [-0.25, -0.2) is 0 Å². The SMILES string of the molecule is Cc1noc(C)c1[C@H]1CCCN1C(=O)Cc1cccnc1. The number of aromatic nitrogens is 2. The molecule has 0 unspecified atom stereocenters. The first kappa shape index (κ1) is 13.8. The van der Waals surface area contributed by atoms with Crippen molar-refractivity contribution in [1.29, 1.82) is 0 Å². The van der Waals surface area contributed by atoms with Gasteiger partial charge in [0.05, 0.1) is 18.2 Å². The maximum Gasteiger partial charge on any atom is 0.227 e. The van der Waals surface area contributed by atoms with Gasteiger partial charge in [0.2, 0.25) is 5.91 Å². The third kappa shape index (κ3) is 2.68. The lowest BCUT2D eigenvalue weighted by molar-refractivity contribution is -0.131. The molecule has 1 amide bonds. The van der Waals surface area contributed by atoms with Crippen LogP contribution >= 0.6 is 0 Å². The summed E-state index contributed by atoms with van der Waals surface area (Å²) >= 11 is 0. The molecule has 0 N–H and O–H groups in total. The van der Waals surface area contributed by atoms with Gasteiger partial charge >= 0.3 is 0 Å². The van der Waals surface area contributed by atoms with Gasteiger partial charge in [-0.15, -0.1) is 0 Å². The molecule has 3 rings (SSSR count). The van der Waals surface area contributed by atoms with Gasteiger partial charge in [-0.3, -0.25) is 9.78 Å².